The zero-order chi connectivity index (χ0) is 21.8. The third kappa shape index (κ3) is 5.35. The van der Waals surface area contributed by atoms with Gasteiger partial charge in [0, 0.05) is 41.6 Å². The molecule has 31 heavy (non-hydrogen) atoms. The maximum atomic E-state index is 13.4. The molecule has 1 saturated carbocycles. The summed E-state index contributed by atoms with van der Waals surface area (Å²) in [6.45, 7) is 3.21. The smallest absolute Gasteiger partial charge is 0.226 e. The monoisotopic (exact) mass is 462 g/mol. The van der Waals surface area contributed by atoms with Crippen LogP contribution in [0, 0.1) is 5.92 Å². The van der Waals surface area contributed by atoms with Crippen LogP contribution in [0.4, 0.5) is 0 Å². The second-order valence-corrected chi connectivity index (χ2v) is 9.05. The molecule has 1 N–H and O–H groups in total. The van der Waals surface area contributed by atoms with E-state index in [-0.39, 0.29) is 23.8 Å². The highest BCUT2D eigenvalue weighted by Gasteiger charge is 2.41. The fraction of sp³-hybridized carbons (Fsp3) is 0.458. The Morgan fingerprint density at radius 3 is 2.55 bits per heavy atom. The van der Waals surface area contributed by atoms with Crippen LogP contribution in [0.2, 0.25) is 10.0 Å². The fourth-order valence-corrected chi connectivity index (χ4v) is 5.11. The van der Waals surface area contributed by atoms with Crippen molar-refractivity contribution in [3.63, 3.8) is 0 Å². The molecule has 1 heterocycles. The fourth-order valence-electron chi connectivity index (χ4n) is 4.63. The normalized spacial score (nSPS) is 23.7. The Hall–Kier alpha value is -1.79. The summed E-state index contributed by atoms with van der Waals surface area (Å²) < 4.78 is 10.7. The van der Waals surface area contributed by atoms with Crippen LogP contribution in [0.15, 0.2) is 42.5 Å². The molecule has 166 valence electrons. The number of nitrogens with one attached hydrogen (secondary N) is 1. The SMILES string of the molecule is COc1ccc([C@H]2C[C@H](NCc3ccc(Cl)cc3Cl)C[C@@H]2C(=O)N2CCOCC2)cc1. The lowest BCUT2D eigenvalue weighted by molar-refractivity contribution is -0.140. The maximum Gasteiger partial charge on any atom is 0.226 e. The zero-order valence-electron chi connectivity index (χ0n) is 17.7. The van der Waals surface area contributed by atoms with Crippen molar-refractivity contribution in [1.82, 2.24) is 10.2 Å². The number of carbonyl (C=O) groups is 1. The lowest BCUT2D eigenvalue weighted by Crippen LogP contribution is -2.44. The van der Waals surface area contributed by atoms with Crippen molar-refractivity contribution in [2.75, 3.05) is 33.4 Å². The lowest BCUT2D eigenvalue weighted by atomic mass is 9.88. The molecule has 7 heteroatoms. The number of benzene rings is 2. The molecule has 1 amide bonds. The van der Waals surface area contributed by atoms with E-state index in [1.54, 1.807) is 13.2 Å². The molecule has 3 atom stereocenters. The molecule has 0 bridgehead atoms. The second kappa shape index (κ2) is 10.2. The summed E-state index contributed by atoms with van der Waals surface area (Å²) in [7, 11) is 1.66. The molecule has 0 radical (unpaired) electrons. The zero-order valence-corrected chi connectivity index (χ0v) is 19.2. The number of ether oxygens (including phenoxy) is 2. The Balaban J connectivity index is 1.49. The van der Waals surface area contributed by atoms with E-state index < -0.39 is 0 Å². The van der Waals surface area contributed by atoms with E-state index in [1.165, 1.54) is 5.56 Å². The third-order valence-electron chi connectivity index (χ3n) is 6.34. The number of halogens is 2. The van der Waals surface area contributed by atoms with Crippen molar-refractivity contribution in [2.45, 2.75) is 31.3 Å². The Bertz CT molecular complexity index is 900. The number of hydrogen-bond donors (Lipinski definition) is 1. The first kappa shape index (κ1) is 22.4. The van der Waals surface area contributed by atoms with Gasteiger partial charge in [-0.15, -0.1) is 0 Å². The molecule has 4 rings (SSSR count). The number of carbonyl (C=O) groups excluding carboxylic acids is 1. The van der Waals surface area contributed by atoms with Crippen molar-refractivity contribution in [1.29, 1.82) is 0 Å². The predicted octanol–water partition coefficient (Wildman–Crippen LogP) is 4.51. The Morgan fingerprint density at radius 2 is 1.87 bits per heavy atom. The van der Waals surface area contributed by atoms with Crippen LogP contribution in [-0.4, -0.2) is 50.3 Å². The highest BCUT2D eigenvalue weighted by atomic mass is 35.5. The molecular formula is C24H28Cl2N2O3. The third-order valence-corrected chi connectivity index (χ3v) is 6.93. The second-order valence-electron chi connectivity index (χ2n) is 8.21. The van der Waals surface area contributed by atoms with E-state index in [2.05, 4.69) is 17.4 Å². The maximum absolute atomic E-state index is 13.4. The van der Waals surface area contributed by atoms with Crippen molar-refractivity contribution < 1.29 is 14.3 Å². The van der Waals surface area contributed by atoms with Crippen LogP contribution in [0.1, 0.15) is 29.9 Å². The number of methoxy groups -OCH3 is 1. The first-order valence-corrected chi connectivity index (χ1v) is 11.5. The first-order valence-electron chi connectivity index (χ1n) is 10.7. The molecule has 0 aromatic heterocycles. The van der Waals surface area contributed by atoms with Gasteiger partial charge in [-0.3, -0.25) is 4.79 Å². The van der Waals surface area contributed by atoms with E-state index in [0.717, 1.165) is 24.2 Å². The van der Waals surface area contributed by atoms with Crippen molar-refractivity contribution in [3.05, 3.63) is 63.6 Å². The molecule has 1 saturated heterocycles. The van der Waals surface area contributed by atoms with Gasteiger partial charge in [-0.05, 0) is 54.2 Å². The van der Waals surface area contributed by atoms with E-state index in [0.29, 0.717) is 42.9 Å². The van der Waals surface area contributed by atoms with Gasteiger partial charge in [0.25, 0.3) is 0 Å². The lowest BCUT2D eigenvalue weighted by Gasteiger charge is -2.31. The van der Waals surface area contributed by atoms with Crippen LogP contribution >= 0.6 is 23.2 Å². The minimum absolute atomic E-state index is 0.0512. The summed E-state index contributed by atoms with van der Waals surface area (Å²) >= 11 is 12.4. The van der Waals surface area contributed by atoms with Crippen LogP contribution in [0.25, 0.3) is 0 Å². The van der Waals surface area contributed by atoms with E-state index in [4.69, 9.17) is 32.7 Å². The number of hydrogen-bond acceptors (Lipinski definition) is 4. The summed E-state index contributed by atoms with van der Waals surface area (Å²) in [6.07, 6.45) is 1.70. The predicted molar refractivity (Wildman–Crippen MR) is 123 cm³/mol. The quantitative estimate of drug-likeness (QED) is 0.685. The average molecular weight is 463 g/mol. The molecule has 5 nitrogen and oxygen atoms in total. The first-order chi connectivity index (χ1) is 15.0. The van der Waals surface area contributed by atoms with Crippen molar-refractivity contribution in [3.8, 4) is 5.75 Å². The summed E-state index contributed by atoms with van der Waals surface area (Å²) in [5.41, 5.74) is 2.19. The highest BCUT2D eigenvalue weighted by Crippen LogP contribution is 2.41. The molecular weight excluding hydrogens is 435 g/mol. The Labute approximate surface area is 193 Å². The van der Waals surface area contributed by atoms with Gasteiger partial charge in [0.1, 0.15) is 5.75 Å². The molecule has 2 aromatic rings. The van der Waals surface area contributed by atoms with Gasteiger partial charge in [-0.25, -0.2) is 0 Å². The van der Waals surface area contributed by atoms with Crippen LogP contribution < -0.4 is 10.1 Å². The Kier molecular flexibility index (Phi) is 7.39. The molecule has 1 aliphatic carbocycles. The minimum Gasteiger partial charge on any atom is -0.497 e. The van der Waals surface area contributed by atoms with Gasteiger partial charge < -0.3 is 19.7 Å². The van der Waals surface area contributed by atoms with Crippen LogP contribution in [-0.2, 0) is 16.1 Å². The van der Waals surface area contributed by atoms with Gasteiger partial charge >= 0.3 is 0 Å². The van der Waals surface area contributed by atoms with Gasteiger partial charge in [-0.2, -0.15) is 0 Å². The van der Waals surface area contributed by atoms with Gasteiger partial charge in [-0.1, -0.05) is 41.4 Å². The molecule has 2 fully saturated rings. The number of morpholine rings is 1. The van der Waals surface area contributed by atoms with Gasteiger partial charge in [0.05, 0.1) is 20.3 Å². The summed E-state index contributed by atoms with van der Waals surface area (Å²) in [5.74, 6) is 1.17. The molecule has 1 aliphatic heterocycles. The van der Waals surface area contributed by atoms with Crippen LogP contribution in [0.3, 0.4) is 0 Å². The average Bonchev–Trinajstić information content (AvgIpc) is 3.23. The number of rotatable bonds is 6. The van der Waals surface area contributed by atoms with E-state index in [1.807, 2.05) is 29.2 Å². The molecule has 2 aromatic carbocycles. The van der Waals surface area contributed by atoms with E-state index in [9.17, 15) is 4.79 Å². The molecule has 0 unspecified atom stereocenters. The summed E-state index contributed by atoms with van der Waals surface area (Å²) in [5, 5.41) is 4.91. The van der Waals surface area contributed by atoms with E-state index >= 15 is 0 Å². The van der Waals surface area contributed by atoms with Crippen molar-refractivity contribution in [2.24, 2.45) is 5.92 Å². The highest BCUT2D eigenvalue weighted by molar-refractivity contribution is 6.35. The van der Waals surface area contributed by atoms with Crippen molar-refractivity contribution >= 4 is 29.1 Å². The number of nitrogens with zero attached hydrogens (tertiary/aromatic N) is 1. The van der Waals surface area contributed by atoms with Gasteiger partial charge in [0.15, 0.2) is 0 Å². The standard InChI is InChI=1S/C24H28Cl2N2O3/c1-30-20-6-3-16(4-7-20)21-13-19(27-15-17-2-5-18(25)12-23(17)26)14-22(21)24(29)28-8-10-31-11-9-28/h2-7,12,19,21-22,27H,8-11,13-15H2,1H3/t19-,21+,22-/m0/s1. The van der Waals surface area contributed by atoms with Crippen LogP contribution in [0.5, 0.6) is 5.75 Å². The largest absolute Gasteiger partial charge is 0.497 e. The topological polar surface area (TPSA) is 50.8 Å². The van der Waals surface area contributed by atoms with Gasteiger partial charge in [0.2, 0.25) is 5.91 Å². The molecule has 0 spiro atoms. The number of amides is 1. The summed E-state index contributed by atoms with van der Waals surface area (Å²) in [6, 6.07) is 13.9. The summed E-state index contributed by atoms with van der Waals surface area (Å²) in [4.78, 5) is 15.4. The Morgan fingerprint density at radius 1 is 1.13 bits per heavy atom. The molecule has 2 aliphatic rings. The minimum atomic E-state index is -0.0512.